The molecule has 0 bridgehead atoms. The molecule has 0 spiro atoms. The van der Waals surface area contributed by atoms with Gasteiger partial charge in [0.15, 0.2) is 9.84 Å². The first-order valence-corrected chi connectivity index (χ1v) is 7.62. The van der Waals surface area contributed by atoms with E-state index < -0.39 is 9.84 Å². The minimum Gasteiger partial charge on any atom is -0.311 e. The van der Waals surface area contributed by atoms with E-state index in [0.29, 0.717) is 18.8 Å². The van der Waals surface area contributed by atoms with Gasteiger partial charge in [-0.3, -0.25) is 4.98 Å². The van der Waals surface area contributed by atoms with Gasteiger partial charge in [0.25, 0.3) is 0 Å². The van der Waals surface area contributed by atoms with Gasteiger partial charge in [0, 0.05) is 25.5 Å². The summed E-state index contributed by atoms with van der Waals surface area (Å²) in [5.41, 5.74) is 2.22. The van der Waals surface area contributed by atoms with Crippen LogP contribution in [-0.2, 0) is 16.4 Å². The van der Waals surface area contributed by atoms with Crippen molar-refractivity contribution in [1.82, 2.24) is 10.3 Å². The number of hydrogen-bond donors (Lipinski definition) is 1. The molecule has 1 saturated heterocycles. The van der Waals surface area contributed by atoms with Crippen LogP contribution < -0.4 is 5.32 Å². The first kappa shape index (κ1) is 12.5. The lowest BCUT2D eigenvalue weighted by Gasteiger charge is -2.10. The molecule has 2 heterocycles. The summed E-state index contributed by atoms with van der Waals surface area (Å²) in [6, 6.07) is 2.06. The maximum atomic E-state index is 11.6. The van der Waals surface area contributed by atoms with Crippen LogP contribution in [0.3, 0.4) is 0 Å². The molecule has 1 aromatic heterocycles. The summed E-state index contributed by atoms with van der Waals surface area (Å²) >= 11 is 0. The Kier molecular flexibility index (Phi) is 3.79. The van der Waals surface area contributed by atoms with Gasteiger partial charge in [-0.25, -0.2) is 8.42 Å². The summed E-state index contributed by atoms with van der Waals surface area (Å²) < 4.78 is 23.2. The molecular formula is C12H18N2O2S. The number of sulfone groups is 1. The van der Waals surface area contributed by atoms with Gasteiger partial charge in [-0.2, -0.15) is 0 Å². The molecule has 5 heteroatoms. The molecule has 0 saturated carbocycles. The SMILES string of the molecule is Cc1cncc(CNCC2CCCS2(=O)=O)c1. The number of aromatic nitrogens is 1. The third-order valence-electron chi connectivity index (χ3n) is 3.10. The predicted molar refractivity (Wildman–Crippen MR) is 67.5 cm³/mol. The summed E-state index contributed by atoms with van der Waals surface area (Å²) in [4.78, 5) is 4.10. The van der Waals surface area contributed by atoms with E-state index in [-0.39, 0.29) is 5.25 Å². The highest BCUT2D eigenvalue weighted by Crippen LogP contribution is 2.19. The zero-order valence-corrected chi connectivity index (χ0v) is 10.8. The number of nitrogens with zero attached hydrogens (tertiary/aromatic N) is 1. The monoisotopic (exact) mass is 254 g/mol. The fraction of sp³-hybridized carbons (Fsp3) is 0.583. The Morgan fingerprint density at radius 1 is 1.47 bits per heavy atom. The molecule has 1 N–H and O–H groups in total. The molecule has 0 amide bonds. The second kappa shape index (κ2) is 5.14. The molecule has 1 aromatic rings. The van der Waals surface area contributed by atoms with Crippen LogP contribution >= 0.6 is 0 Å². The van der Waals surface area contributed by atoms with E-state index in [1.54, 1.807) is 0 Å². The summed E-state index contributed by atoms with van der Waals surface area (Å²) in [7, 11) is -2.83. The Labute approximate surface area is 102 Å². The lowest BCUT2D eigenvalue weighted by Crippen LogP contribution is -2.30. The highest BCUT2D eigenvalue weighted by atomic mass is 32.2. The summed E-state index contributed by atoms with van der Waals surface area (Å²) in [6.07, 6.45) is 5.22. The third-order valence-corrected chi connectivity index (χ3v) is 5.37. The Hall–Kier alpha value is -0.940. The quantitative estimate of drug-likeness (QED) is 0.872. The van der Waals surface area contributed by atoms with E-state index in [2.05, 4.69) is 16.4 Å². The van der Waals surface area contributed by atoms with Gasteiger partial charge < -0.3 is 5.32 Å². The first-order chi connectivity index (χ1) is 8.08. The van der Waals surface area contributed by atoms with Crippen LogP contribution in [0.15, 0.2) is 18.5 Å². The maximum absolute atomic E-state index is 11.6. The Balaban J connectivity index is 1.84. The van der Waals surface area contributed by atoms with Crippen LogP contribution in [-0.4, -0.2) is 30.9 Å². The van der Waals surface area contributed by atoms with E-state index >= 15 is 0 Å². The lowest BCUT2D eigenvalue weighted by molar-refractivity contribution is 0.573. The molecule has 2 rings (SSSR count). The van der Waals surface area contributed by atoms with Crippen LogP contribution in [0.25, 0.3) is 0 Å². The van der Waals surface area contributed by atoms with Gasteiger partial charge in [-0.05, 0) is 30.9 Å². The van der Waals surface area contributed by atoms with Crippen molar-refractivity contribution in [1.29, 1.82) is 0 Å². The summed E-state index contributed by atoms with van der Waals surface area (Å²) in [5, 5.41) is 3.01. The fourth-order valence-corrected chi connectivity index (χ4v) is 3.98. The molecule has 0 aromatic carbocycles. The second-order valence-electron chi connectivity index (χ2n) is 4.63. The smallest absolute Gasteiger partial charge is 0.154 e. The Bertz CT molecular complexity index is 485. The van der Waals surface area contributed by atoms with Crippen molar-refractivity contribution in [3.63, 3.8) is 0 Å². The minimum atomic E-state index is -2.83. The van der Waals surface area contributed by atoms with Crippen molar-refractivity contribution in [3.05, 3.63) is 29.6 Å². The van der Waals surface area contributed by atoms with Gasteiger partial charge in [0.1, 0.15) is 0 Å². The van der Waals surface area contributed by atoms with Crippen LogP contribution in [0.4, 0.5) is 0 Å². The topological polar surface area (TPSA) is 59.1 Å². The molecule has 1 fully saturated rings. The molecule has 4 nitrogen and oxygen atoms in total. The summed E-state index contributed by atoms with van der Waals surface area (Å²) in [6.45, 7) is 3.23. The van der Waals surface area contributed by atoms with Crippen molar-refractivity contribution < 1.29 is 8.42 Å². The number of nitrogens with one attached hydrogen (secondary N) is 1. The molecular weight excluding hydrogens is 236 g/mol. The molecule has 0 aliphatic carbocycles. The molecule has 1 unspecified atom stereocenters. The average molecular weight is 254 g/mol. The highest BCUT2D eigenvalue weighted by molar-refractivity contribution is 7.92. The molecule has 17 heavy (non-hydrogen) atoms. The highest BCUT2D eigenvalue weighted by Gasteiger charge is 2.30. The first-order valence-electron chi connectivity index (χ1n) is 5.91. The van der Waals surface area contributed by atoms with Crippen LogP contribution in [0.5, 0.6) is 0 Å². The van der Waals surface area contributed by atoms with E-state index in [9.17, 15) is 8.42 Å². The maximum Gasteiger partial charge on any atom is 0.154 e. The molecule has 1 atom stereocenters. The summed E-state index contributed by atoms with van der Waals surface area (Å²) in [5.74, 6) is 0.353. The standard InChI is InChI=1S/C12H18N2O2S/c1-10-5-11(7-13-6-10)8-14-9-12-3-2-4-17(12,15)16/h5-7,12,14H,2-4,8-9H2,1H3. The van der Waals surface area contributed by atoms with Crippen LogP contribution in [0.2, 0.25) is 0 Å². The van der Waals surface area contributed by atoms with E-state index in [1.807, 2.05) is 19.3 Å². The van der Waals surface area contributed by atoms with Crippen molar-refractivity contribution >= 4 is 9.84 Å². The number of pyridine rings is 1. The molecule has 1 aliphatic rings. The predicted octanol–water partition coefficient (Wildman–Crippen LogP) is 1.06. The third kappa shape index (κ3) is 3.26. The normalized spacial score (nSPS) is 22.8. The van der Waals surface area contributed by atoms with Crippen molar-refractivity contribution in [3.8, 4) is 0 Å². The molecule has 94 valence electrons. The van der Waals surface area contributed by atoms with Crippen molar-refractivity contribution in [2.45, 2.75) is 31.6 Å². The Morgan fingerprint density at radius 2 is 2.29 bits per heavy atom. The van der Waals surface area contributed by atoms with Crippen LogP contribution in [0, 0.1) is 6.92 Å². The zero-order chi connectivity index (χ0) is 12.3. The van der Waals surface area contributed by atoms with E-state index in [0.717, 1.165) is 24.0 Å². The van der Waals surface area contributed by atoms with E-state index in [4.69, 9.17) is 0 Å². The van der Waals surface area contributed by atoms with Crippen LogP contribution in [0.1, 0.15) is 24.0 Å². The van der Waals surface area contributed by atoms with Gasteiger partial charge in [-0.15, -0.1) is 0 Å². The number of aryl methyl sites for hydroxylation is 1. The van der Waals surface area contributed by atoms with Gasteiger partial charge in [0.05, 0.1) is 11.0 Å². The van der Waals surface area contributed by atoms with Gasteiger partial charge in [-0.1, -0.05) is 6.07 Å². The van der Waals surface area contributed by atoms with Gasteiger partial charge in [0.2, 0.25) is 0 Å². The fourth-order valence-electron chi connectivity index (χ4n) is 2.18. The van der Waals surface area contributed by atoms with Crippen molar-refractivity contribution in [2.75, 3.05) is 12.3 Å². The Morgan fingerprint density at radius 3 is 2.94 bits per heavy atom. The molecule has 1 aliphatic heterocycles. The average Bonchev–Trinajstić information content (AvgIpc) is 2.58. The zero-order valence-electron chi connectivity index (χ0n) is 10.0. The van der Waals surface area contributed by atoms with Gasteiger partial charge >= 0.3 is 0 Å². The van der Waals surface area contributed by atoms with Crippen molar-refractivity contribution in [2.24, 2.45) is 0 Å². The van der Waals surface area contributed by atoms with E-state index in [1.165, 1.54) is 0 Å². The second-order valence-corrected chi connectivity index (χ2v) is 7.03. The number of rotatable bonds is 4. The minimum absolute atomic E-state index is 0.194. The number of hydrogen-bond acceptors (Lipinski definition) is 4. The molecule has 0 radical (unpaired) electrons. The lowest BCUT2D eigenvalue weighted by atomic mass is 10.2. The largest absolute Gasteiger partial charge is 0.311 e.